The summed E-state index contributed by atoms with van der Waals surface area (Å²) in [4.78, 5) is 2.35. The second-order valence-electron chi connectivity index (χ2n) is 4.22. The van der Waals surface area contributed by atoms with Gasteiger partial charge in [0.1, 0.15) is 0 Å². The number of hydrogen-bond donors (Lipinski definition) is 1. The highest BCUT2D eigenvalue weighted by Crippen LogP contribution is 2.26. The molecule has 17 heavy (non-hydrogen) atoms. The Morgan fingerprint density at radius 3 is 2.82 bits per heavy atom. The molecule has 1 N–H and O–H groups in total. The predicted molar refractivity (Wildman–Crippen MR) is 68.9 cm³/mol. The van der Waals surface area contributed by atoms with Gasteiger partial charge in [-0.15, -0.1) is 0 Å². The zero-order valence-corrected chi connectivity index (χ0v) is 10.5. The minimum absolute atomic E-state index is 0.167. The van der Waals surface area contributed by atoms with Crippen LogP contribution < -0.4 is 5.32 Å². The zero-order chi connectivity index (χ0) is 12.1. The summed E-state index contributed by atoms with van der Waals surface area (Å²) < 4.78 is 0. The number of halogens is 1. The van der Waals surface area contributed by atoms with Crippen molar-refractivity contribution in [3.05, 3.63) is 34.9 Å². The Morgan fingerprint density at radius 1 is 1.41 bits per heavy atom. The first kappa shape index (κ1) is 12.4. The van der Waals surface area contributed by atoms with Crippen LogP contribution in [0.25, 0.3) is 0 Å². The van der Waals surface area contributed by atoms with Crippen LogP contribution in [-0.2, 0) is 0 Å². The lowest BCUT2D eigenvalue weighted by Gasteiger charge is -2.34. The quantitative estimate of drug-likeness (QED) is 0.893. The van der Waals surface area contributed by atoms with Crippen molar-refractivity contribution in [1.82, 2.24) is 10.2 Å². The van der Waals surface area contributed by atoms with Crippen LogP contribution in [-0.4, -0.2) is 31.1 Å². The molecule has 1 atom stereocenters. The third kappa shape index (κ3) is 3.19. The SMILES string of the molecule is N#CC[C@H](c1cccc(Cl)c1)N1CCNCC1. The molecule has 3 nitrogen and oxygen atoms in total. The van der Waals surface area contributed by atoms with Crippen molar-refractivity contribution >= 4 is 11.6 Å². The van der Waals surface area contributed by atoms with Crippen LogP contribution in [0, 0.1) is 11.3 Å². The van der Waals surface area contributed by atoms with Gasteiger partial charge in [0.2, 0.25) is 0 Å². The maximum atomic E-state index is 8.97. The van der Waals surface area contributed by atoms with Crippen LogP contribution in [0.3, 0.4) is 0 Å². The van der Waals surface area contributed by atoms with E-state index in [9.17, 15) is 0 Å². The first-order chi connectivity index (χ1) is 8.31. The topological polar surface area (TPSA) is 39.1 Å². The van der Waals surface area contributed by atoms with E-state index in [0.29, 0.717) is 6.42 Å². The summed E-state index contributed by atoms with van der Waals surface area (Å²) in [5.41, 5.74) is 1.14. The number of nitrogens with zero attached hydrogens (tertiary/aromatic N) is 2. The van der Waals surface area contributed by atoms with Gasteiger partial charge in [-0.05, 0) is 17.7 Å². The fraction of sp³-hybridized carbons (Fsp3) is 0.462. The third-order valence-corrected chi connectivity index (χ3v) is 3.35. The summed E-state index contributed by atoms with van der Waals surface area (Å²) in [5.74, 6) is 0. The lowest BCUT2D eigenvalue weighted by Crippen LogP contribution is -2.45. The molecule has 0 amide bonds. The van der Waals surface area contributed by atoms with Crippen LogP contribution in [0.4, 0.5) is 0 Å². The highest BCUT2D eigenvalue weighted by molar-refractivity contribution is 6.30. The molecule has 90 valence electrons. The van der Waals surface area contributed by atoms with Gasteiger partial charge in [0.05, 0.1) is 12.5 Å². The van der Waals surface area contributed by atoms with Crippen molar-refractivity contribution in [1.29, 1.82) is 5.26 Å². The Bertz CT molecular complexity index is 407. The standard InChI is InChI=1S/C13H16ClN3/c14-12-3-1-2-11(10-12)13(4-5-15)17-8-6-16-7-9-17/h1-3,10,13,16H,4,6-9H2/t13-/m1/s1. The molecule has 1 aliphatic rings. The Balaban J connectivity index is 2.19. The summed E-state index contributed by atoms with van der Waals surface area (Å²) in [6, 6.07) is 10.3. The molecule has 0 bridgehead atoms. The Hall–Kier alpha value is -1.08. The highest BCUT2D eigenvalue weighted by atomic mass is 35.5. The molecule has 0 spiro atoms. The molecule has 0 saturated carbocycles. The molecule has 0 aliphatic carbocycles. The largest absolute Gasteiger partial charge is 0.314 e. The van der Waals surface area contributed by atoms with Crippen molar-refractivity contribution in [2.24, 2.45) is 0 Å². The number of piperazine rings is 1. The van der Waals surface area contributed by atoms with E-state index in [4.69, 9.17) is 16.9 Å². The van der Waals surface area contributed by atoms with Crippen LogP contribution in [0.1, 0.15) is 18.0 Å². The van der Waals surface area contributed by atoms with Gasteiger partial charge in [0, 0.05) is 37.2 Å². The molecule has 1 aromatic carbocycles. The van der Waals surface area contributed by atoms with E-state index in [0.717, 1.165) is 36.8 Å². The molecule has 0 unspecified atom stereocenters. The van der Waals surface area contributed by atoms with Gasteiger partial charge >= 0.3 is 0 Å². The lowest BCUT2D eigenvalue weighted by atomic mass is 10.0. The number of rotatable bonds is 3. The van der Waals surface area contributed by atoms with Crippen LogP contribution in [0.15, 0.2) is 24.3 Å². The molecule has 1 aliphatic heterocycles. The normalized spacial score (nSPS) is 18.6. The monoisotopic (exact) mass is 249 g/mol. The highest BCUT2D eigenvalue weighted by Gasteiger charge is 2.21. The molecule has 1 aromatic rings. The van der Waals surface area contributed by atoms with Gasteiger partial charge in [-0.3, -0.25) is 4.90 Å². The second-order valence-corrected chi connectivity index (χ2v) is 4.66. The van der Waals surface area contributed by atoms with Crippen molar-refractivity contribution in [3.63, 3.8) is 0 Å². The van der Waals surface area contributed by atoms with E-state index in [1.807, 2.05) is 18.2 Å². The van der Waals surface area contributed by atoms with Gasteiger partial charge in [-0.2, -0.15) is 5.26 Å². The Labute approximate surface area is 107 Å². The van der Waals surface area contributed by atoms with E-state index in [-0.39, 0.29) is 6.04 Å². The van der Waals surface area contributed by atoms with Gasteiger partial charge in [0.15, 0.2) is 0 Å². The maximum absolute atomic E-state index is 8.97. The summed E-state index contributed by atoms with van der Waals surface area (Å²) in [7, 11) is 0. The molecule has 1 saturated heterocycles. The van der Waals surface area contributed by atoms with Gasteiger partial charge in [-0.25, -0.2) is 0 Å². The average molecular weight is 250 g/mol. The molecule has 0 aromatic heterocycles. The van der Waals surface area contributed by atoms with Gasteiger partial charge in [0.25, 0.3) is 0 Å². The molecular weight excluding hydrogens is 234 g/mol. The summed E-state index contributed by atoms with van der Waals surface area (Å²) in [6.07, 6.45) is 0.514. The van der Waals surface area contributed by atoms with Crippen molar-refractivity contribution in [2.75, 3.05) is 26.2 Å². The maximum Gasteiger partial charge on any atom is 0.0641 e. The minimum atomic E-state index is 0.167. The van der Waals surface area contributed by atoms with Crippen molar-refractivity contribution in [2.45, 2.75) is 12.5 Å². The van der Waals surface area contributed by atoms with E-state index in [1.54, 1.807) is 0 Å². The average Bonchev–Trinajstić information content (AvgIpc) is 2.37. The molecule has 1 heterocycles. The van der Waals surface area contributed by atoms with Crippen molar-refractivity contribution < 1.29 is 0 Å². The van der Waals surface area contributed by atoms with E-state index in [1.165, 1.54) is 0 Å². The van der Waals surface area contributed by atoms with Gasteiger partial charge < -0.3 is 5.32 Å². The van der Waals surface area contributed by atoms with Crippen LogP contribution in [0.2, 0.25) is 5.02 Å². The van der Waals surface area contributed by atoms with Crippen LogP contribution in [0.5, 0.6) is 0 Å². The molecular formula is C13H16ClN3. The molecule has 0 radical (unpaired) electrons. The van der Waals surface area contributed by atoms with E-state index >= 15 is 0 Å². The fourth-order valence-corrected chi connectivity index (χ4v) is 2.45. The lowest BCUT2D eigenvalue weighted by molar-refractivity contribution is 0.175. The number of benzene rings is 1. The molecule has 2 rings (SSSR count). The third-order valence-electron chi connectivity index (χ3n) is 3.11. The number of hydrogen-bond acceptors (Lipinski definition) is 3. The first-order valence-corrected chi connectivity index (χ1v) is 6.26. The fourth-order valence-electron chi connectivity index (χ4n) is 2.25. The van der Waals surface area contributed by atoms with Crippen LogP contribution >= 0.6 is 11.6 Å². The molecule has 1 fully saturated rings. The Morgan fingerprint density at radius 2 is 2.18 bits per heavy atom. The number of nitrogens with one attached hydrogen (secondary N) is 1. The summed E-state index contributed by atoms with van der Waals surface area (Å²) in [5, 5.41) is 13.0. The number of nitriles is 1. The summed E-state index contributed by atoms with van der Waals surface area (Å²) in [6.45, 7) is 3.95. The predicted octanol–water partition coefficient (Wildman–Crippen LogP) is 2.20. The second kappa shape index (κ2) is 6.02. The smallest absolute Gasteiger partial charge is 0.0641 e. The minimum Gasteiger partial charge on any atom is -0.314 e. The van der Waals surface area contributed by atoms with E-state index < -0.39 is 0 Å². The van der Waals surface area contributed by atoms with Crippen molar-refractivity contribution in [3.8, 4) is 6.07 Å². The first-order valence-electron chi connectivity index (χ1n) is 5.88. The Kier molecular flexibility index (Phi) is 4.38. The summed E-state index contributed by atoms with van der Waals surface area (Å²) >= 11 is 6.01. The molecule has 4 heteroatoms. The zero-order valence-electron chi connectivity index (χ0n) is 9.69. The van der Waals surface area contributed by atoms with E-state index in [2.05, 4.69) is 22.4 Å². The van der Waals surface area contributed by atoms with Gasteiger partial charge in [-0.1, -0.05) is 23.7 Å².